The van der Waals surface area contributed by atoms with Gasteiger partial charge >= 0.3 is 0 Å². The molecule has 1 aromatic rings. The van der Waals surface area contributed by atoms with Crippen LogP contribution in [0.5, 0.6) is 0 Å². The Morgan fingerprint density at radius 3 is 2.14 bits per heavy atom. The molecule has 1 heterocycles. The monoisotopic (exact) mass is 325 g/mol. The summed E-state index contributed by atoms with van der Waals surface area (Å²) in [6.07, 6.45) is 0.664. The first kappa shape index (κ1) is 12.1. The van der Waals surface area contributed by atoms with Crippen molar-refractivity contribution in [3.8, 4) is 0 Å². The first-order valence-electron chi connectivity index (χ1n) is 3.83. The van der Waals surface area contributed by atoms with Crippen molar-refractivity contribution in [3.05, 3.63) is 26.9 Å². The molecule has 4 nitrogen and oxygen atoms in total. The largest absolute Gasteiger partial charge is 0.394 e. The Balaban J connectivity index is 3.05. The quantitative estimate of drug-likeness (QED) is 0.774. The molecule has 0 amide bonds. The summed E-state index contributed by atoms with van der Waals surface area (Å²) in [6, 6.07) is 0. The molecule has 0 saturated heterocycles. The zero-order chi connectivity index (χ0) is 10.7. The summed E-state index contributed by atoms with van der Waals surface area (Å²) in [4.78, 5) is 3.86. The summed E-state index contributed by atoms with van der Waals surface area (Å²) in [7, 11) is 0. The summed E-state index contributed by atoms with van der Waals surface area (Å²) in [6.45, 7) is -0.498. The van der Waals surface area contributed by atoms with Gasteiger partial charge in [0, 0.05) is 26.9 Å². The molecule has 0 aliphatic carbocycles. The highest BCUT2D eigenvalue weighted by atomic mass is 79.9. The molecule has 6 heteroatoms. The van der Waals surface area contributed by atoms with E-state index in [1.165, 1.54) is 12.4 Å². The van der Waals surface area contributed by atoms with Crippen LogP contribution in [0.3, 0.4) is 0 Å². The van der Waals surface area contributed by atoms with E-state index in [2.05, 4.69) is 36.8 Å². The van der Waals surface area contributed by atoms with Crippen LogP contribution in [0.4, 0.5) is 0 Å². The van der Waals surface area contributed by atoms with Crippen molar-refractivity contribution >= 4 is 31.9 Å². The molecule has 0 radical (unpaired) electrons. The van der Waals surface area contributed by atoms with E-state index in [1.54, 1.807) is 0 Å². The molecule has 0 spiro atoms. The van der Waals surface area contributed by atoms with Crippen LogP contribution >= 0.6 is 31.9 Å². The van der Waals surface area contributed by atoms with E-state index in [4.69, 9.17) is 5.11 Å². The molecular formula is C8H9Br2NO3. The van der Waals surface area contributed by atoms with E-state index < -0.39 is 18.8 Å². The maximum absolute atomic E-state index is 9.65. The van der Waals surface area contributed by atoms with Crippen molar-refractivity contribution < 1.29 is 15.3 Å². The number of nitrogens with zero attached hydrogens (tertiary/aromatic N) is 1. The van der Waals surface area contributed by atoms with Gasteiger partial charge in [-0.1, -0.05) is 0 Å². The van der Waals surface area contributed by atoms with E-state index in [0.29, 0.717) is 14.5 Å². The fourth-order valence-electron chi connectivity index (χ4n) is 0.996. The number of aliphatic hydroxyl groups excluding tert-OH is 3. The molecule has 2 atom stereocenters. The van der Waals surface area contributed by atoms with Crippen molar-refractivity contribution in [2.24, 2.45) is 0 Å². The highest BCUT2D eigenvalue weighted by Crippen LogP contribution is 2.31. The van der Waals surface area contributed by atoms with Gasteiger partial charge in [-0.05, 0) is 31.9 Å². The Morgan fingerprint density at radius 2 is 1.71 bits per heavy atom. The molecule has 14 heavy (non-hydrogen) atoms. The number of halogens is 2. The zero-order valence-corrected chi connectivity index (χ0v) is 10.2. The summed E-state index contributed by atoms with van der Waals surface area (Å²) in [5.74, 6) is 0. The molecule has 0 fully saturated rings. The Morgan fingerprint density at radius 1 is 1.21 bits per heavy atom. The summed E-state index contributed by atoms with van der Waals surface area (Å²) in [5, 5.41) is 27.6. The van der Waals surface area contributed by atoms with Crippen LogP contribution in [0.1, 0.15) is 11.7 Å². The van der Waals surface area contributed by atoms with Crippen LogP contribution in [-0.2, 0) is 0 Å². The van der Waals surface area contributed by atoms with E-state index in [1.807, 2.05) is 0 Å². The number of pyridine rings is 1. The van der Waals surface area contributed by atoms with Gasteiger partial charge in [0.1, 0.15) is 12.2 Å². The Kier molecular flexibility index (Phi) is 4.46. The number of hydrogen-bond donors (Lipinski definition) is 3. The van der Waals surface area contributed by atoms with Crippen molar-refractivity contribution in [2.45, 2.75) is 12.2 Å². The molecule has 0 saturated carbocycles. The molecule has 0 aromatic carbocycles. The molecule has 3 N–H and O–H groups in total. The highest BCUT2D eigenvalue weighted by molar-refractivity contribution is 9.11. The minimum atomic E-state index is -1.20. The molecule has 1 rings (SSSR count). The lowest BCUT2D eigenvalue weighted by molar-refractivity contribution is -0.0159. The van der Waals surface area contributed by atoms with E-state index in [9.17, 15) is 10.2 Å². The lowest BCUT2D eigenvalue weighted by Gasteiger charge is -2.18. The molecule has 78 valence electrons. The lowest BCUT2D eigenvalue weighted by atomic mass is 10.1. The zero-order valence-electron chi connectivity index (χ0n) is 7.06. The minimum absolute atomic E-state index is 0.474. The molecule has 0 aliphatic rings. The van der Waals surface area contributed by atoms with Crippen LogP contribution in [-0.4, -0.2) is 33.0 Å². The first-order chi connectivity index (χ1) is 6.57. The van der Waals surface area contributed by atoms with Crippen molar-refractivity contribution in [1.29, 1.82) is 0 Å². The van der Waals surface area contributed by atoms with Gasteiger partial charge in [-0.2, -0.15) is 0 Å². The predicted octanol–water partition coefficient (Wildman–Crippen LogP) is 0.993. The number of aliphatic hydroxyl groups is 3. The Hall–Kier alpha value is -0.0100. The average Bonchev–Trinajstić information content (AvgIpc) is 2.16. The van der Waals surface area contributed by atoms with Gasteiger partial charge in [0.05, 0.1) is 6.61 Å². The lowest BCUT2D eigenvalue weighted by Crippen LogP contribution is -2.22. The van der Waals surface area contributed by atoms with E-state index >= 15 is 0 Å². The van der Waals surface area contributed by atoms with Crippen LogP contribution in [0.15, 0.2) is 21.3 Å². The standard InChI is InChI=1S/C8H9Br2NO3/c9-4-1-11-2-5(10)7(4)8(14)6(13)3-12/h1-2,6,8,12-14H,3H2. The Labute approximate surface area is 97.9 Å². The highest BCUT2D eigenvalue weighted by Gasteiger charge is 2.22. The topological polar surface area (TPSA) is 73.6 Å². The van der Waals surface area contributed by atoms with Crippen LogP contribution < -0.4 is 0 Å². The molecular weight excluding hydrogens is 318 g/mol. The molecule has 0 aliphatic heterocycles. The molecule has 1 aromatic heterocycles. The van der Waals surface area contributed by atoms with Crippen LogP contribution in [0, 0.1) is 0 Å². The van der Waals surface area contributed by atoms with Gasteiger partial charge in [-0.15, -0.1) is 0 Å². The second-order valence-electron chi connectivity index (χ2n) is 2.71. The van der Waals surface area contributed by atoms with Gasteiger partial charge in [-0.3, -0.25) is 4.98 Å². The third kappa shape index (κ3) is 2.52. The van der Waals surface area contributed by atoms with Gasteiger partial charge < -0.3 is 15.3 Å². The van der Waals surface area contributed by atoms with Crippen molar-refractivity contribution in [2.75, 3.05) is 6.61 Å². The second-order valence-corrected chi connectivity index (χ2v) is 4.42. The molecule has 2 unspecified atom stereocenters. The fraction of sp³-hybridized carbons (Fsp3) is 0.375. The van der Waals surface area contributed by atoms with Gasteiger partial charge in [0.2, 0.25) is 0 Å². The number of aromatic nitrogens is 1. The SMILES string of the molecule is OCC(O)C(O)c1c(Br)cncc1Br. The minimum Gasteiger partial charge on any atom is -0.394 e. The predicted molar refractivity (Wildman–Crippen MR) is 57.7 cm³/mol. The number of rotatable bonds is 3. The van der Waals surface area contributed by atoms with E-state index in [0.717, 1.165) is 0 Å². The van der Waals surface area contributed by atoms with Crippen LogP contribution in [0.25, 0.3) is 0 Å². The van der Waals surface area contributed by atoms with Gasteiger partial charge in [-0.25, -0.2) is 0 Å². The summed E-state index contributed by atoms with van der Waals surface area (Å²) in [5.41, 5.74) is 0.474. The maximum Gasteiger partial charge on any atom is 0.109 e. The Bertz CT molecular complexity index is 301. The van der Waals surface area contributed by atoms with Gasteiger partial charge in [0.25, 0.3) is 0 Å². The van der Waals surface area contributed by atoms with E-state index in [-0.39, 0.29) is 0 Å². The third-order valence-electron chi connectivity index (χ3n) is 1.74. The first-order valence-corrected chi connectivity index (χ1v) is 5.42. The smallest absolute Gasteiger partial charge is 0.109 e. The van der Waals surface area contributed by atoms with Crippen molar-refractivity contribution in [1.82, 2.24) is 4.98 Å². The summed E-state index contributed by atoms with van der Waals surface area (Å²) < 4.78 is 1.15. The fourth-order valence-corrected chi connectivity index (χ4v) is 2.39. The normalized spacial score (nSPS) is 15.2. The van der Waals surface area contributed by atoms with Crippen LogP contribution in [0.2, 0.25) is 0 Å². The third-order valence-corrected chi connectivity index (χ3v) is 3.00. The average molecular weight is 327 g/mol. The van der Waals surface area contributed by atoms with Gasteiger partial charge in [0.15, 0.2) is 0 Å². The molecule has 0 bridgehead atoms. The second kappa shape index (κ2) is 5.18. The summed E-state index contributed by atoms with van der Waals surface area (Å²) >= 11 is 6.40. The number of hydrogen-bond acceptors (Lipinski definition) is 4. The van der Waals surface area contributed by atoms with Crippen molar-refractivity contribution in [3.63, 3.8) is 0 Å². The maximum atomic E-state index is 9.65.